The monoisotopic (exact) mass is 370 g/mol. The van der Waals surface area contributed by atoms with E-state index in [4.69, 9.17) is 5.11 Å². The number of piperidine rings is 1. The topological polar surface area (TPSA) is 61.6 Å². The van der Waals surface area contributed by atoms with Crippen molar-refractivity contribution >= 4 is 5.91 Å². The second-order valence-electron chi connectivity index (χ2n) is 7.61. The first kappa shape index (κ1) is 19.6. The van der Waals surface area contributed by atoms with Crippen LogP contribution in [-0.2, 0) is 24.4 Å². The normalized spacial score (nSPS) is 17.5. The summed E-state index contributed by atoms with van der Waals surface area (Å²) >= 11 is 0. The molecule has 0 radical (unpaired) electrons. The maximum absolute atomic E-state index is 12.8. The molecule has 0 aliphatic carbocycles. The van der Waals surface area contributed by atoms with Crippen molar-refractivity contribution in [3.05, 3.63) is 53.6 Å². The van der Waals surface area contributed by atoms with E-state index in [1.54, 1.807) is 0 Å². The van der Waals surface area contributed by atoms with E-state index in [-0.39, 0.29) is 12.5 Å². The van der Waals surface area contributed by atoms with E-state index in [0.29, 0.717) is 12.3 Å². The molecule has 146 valence electrons. The number of rotatable bonds is 7. The number of hydrogen-bond donors (Lipinski definition) is 1. The van der Waals surface area contributed by atoms with Gasteiger partial charge in [-0.25, -0.2) is 4.98 Å². The smallest absolute Gasteiger partial charge is 0.227 e. The number of hydrogen-bond acceptors (Lipinski definition) is 4. The average Bonchev–Trinajstić information content (AvgIpc) is 3.15. The van der Waals surface area contributed by atoms with Crippen molar-refractivity contribution < 1.29 is 9.90 Å². The van der Waals surface area contributed by atoms with Gasteiger partial charge in [-0.3, -0.25) is 4.79 Å². The number of imidazole rings is 1. The second-order valence-corrected chi connectivity index (χ2v) is 7.61. The van der Waals surface area contributed by atoms with Crippen LogP contribution < -0.4 is 0 Å². The molecule has 1 fully saturated rings. The maximum Gasteiger partial charge on any atom is 0.227 e. The number of aliphatic hydroxyl groups is 1. The van der Waals surface area contributed by atoms with Gasteiger partial charge >= 0.3 is 0 Å². The van der Waals surface area contributed by atoms with E-state index in [2.05, 4.69) is 28.5 Å². The maximum atomic E-state index is 12.8. The Morgan fingerprint density at radius 3 is 2.70 bits per heavy atom. The summed E-state index contributed by atoms with van der Waals surface area (Å²) in [6, 6.07) is 7.62. The highest BCUT2D eigenvalue weighted by atomic mass is 16.3. The molecular weight excluding hydrogens is 340 g/mol. The van der Waals surface area contributed by atoms with E-state index in [0.717, 1.165) is 56.0 Å². The van der Waals surface area contributed by atoms with Crippen LogP contribution in [0.5, 0.6) is 0 Å². The molecule has 1 atom stereocenters. The van der Waals surface area contributed by atoms with Gasteiger partial charge in [-0.1, -0.05) is 24.3 Å². The van der Waals surface area contributed by atoms with E-state index in [1.165, 1.54) is 0 Å². The van der Waals surface area contributed by atoms with Gasteiger partial charge in [0.15, 0.2) is 0 Å². The average molecular weight is 370 g/mol. The quantitative estimate of drug-likeness (QED) is 0.808. The highest BCUT2D eigenvalue weighted by molar-refractivity contribution is 5.79. The lowest BCUT2D eigenvalue weighted by molar-refractivity contribution is -0.131. The first-order valence-corrected chi connectivity index (χ1v) is 9.69. The van der Waals surface area contributed by atoms with E-state index in [9.17, 15) is 4.79 Å². The lowest BCUT2D eigenvalue weighted by Crippen LogP contribution is -2.40. The Labute approximate surface area is 161 Å². The van der Waals surface area contributed by atoms with Gasteiger partial charge in [0.25, 0.3) is 0 Å². The van der Waals surface area contributed by atoms with Gasteiger partial charge in [0.1, 0.15) is 5.82 Å². The van der Waals surface area contributed by atoms with Gasteiger partial charge in [0, 0.05) is 44.5 Å². The minimum absolute atomic E-state index is 0.0303. The van der Waals surface area contributed by atoms with Crippen molar-refractivity contribution in [2.75, 3.05) is 33.7 Å². The molecule has 1 aromatic carbocycles. The number of nitrogens with zero attached hydrogens (tertiary/aromatic N) is 4. The van der Waals surface area contributed by atoms with Crippen molar-refractivity contribution in [2.45, 2.75) is 38.3 Å². The number of likely N-dealkylation sites (tertiary alicyclic amines) is 1. The van der Waals surface area contributed by atoms with Crippen molar-refractivity contribution in [3.8, 4) is 0 Å². The van der Waals surface area contributed by atoms with Gasteiger partial charge in [-0.2, -0.15) is 0 Å². The summed E-state index contributed by atoms with van der Waals surface area (Å²) in [5.74, 6) is 1.57. The molecular formula is C21H30N4O2. The molecule has 1 aliphatic heterocycles. The molecule has 1 unspecified atom stereocenters. The first-order chi connectivity index (χ1) is 13.1. The zero-order valence-electron chi connectivity index (χ0n) is 16.3. The van der Waals surface area contributed by atoms with E-state index >= 15 is 0 Å². The van der Waals surface area contributed by atoms with Crippen LogP contribution >= 0.6 is 0 Å². The van der Waals surface area contributed by atoms with Gasteiger partial charge in [0.05, 0.1) is 13.0 Å². The van der Waals surface area contributed by atoms with Crippen LogP contribution in [0.3, 0.4) is 0 Å². The Morgan fingerprint density at radius 1 is 1.26 bits per heavy atom. The van der Waals surface area contributed by atoms with Gasteiger partial charge in [-0.15, -0.1) is 0 Å². The third kappa shape index (κ3) is 5.17. The SMILES string of the molecule is CN(C)CCn1ccnc1C1CCCN(C(=O)Cc2ccc(CO)cc2)C1. The highest BCUT2D eigenvalue weighted by Crippen LogP contribution is 2.26. The lowest BCUT2D eigenvalue weighted by atomic mass is 9.96. The third-order valence-corrected chi connectivity index (χ3v) is 5.24. The molecule has 0 saturated carbocycles. The number of benzene rings is 1. The summed E-state index contributed by atoms with van der Waals surface area (Å²) in [7, 11) is 4.15. The summed E-state index contributed by atoms with van der Waals surface area (Å²) in [5.41, 5.74) is 1.86. The number of aliphatic hydroxyl groups excluding tert-OH is 1. The minimum Gasteiger partial charge on any atom is -0.392 e. The van der Waals surface area contributed by atoms with Crippen LogP contribution in [0.1, 0.15) is 35.7 Å². The molecule has 1 aliphatic rings. The molecule has 2 heterocycles. The molecule has 3 rings (SSSR count). The fraction of sp³-hybridized carbons (Fsp3) is 0.524. The Morgan fingerprint density at radius 2 is 2.00 bits per heavy atom. The minimum atomic E-state index is 0.0303. The van der Waals surface area contributed by atoms with Crippen LogP contribution in [0.2, 0.25) is 0 Å². The number of carbonyl (C=O) groups excluding carboxylic acids is 1. The Kier molecular flexibility index (Phi) is 6.63. The largest absolute Gasteiger partial charge is 0.392 e. The number of aromatic nitrogens is 2. The summed E-state index contributed by atoms with van der Waals surface area (Å²) < 4.78 is 2.23. The summed E-state index contributed by atoms with van der Waals surface area (Å²) in [6.07, 6.45) is 6.42. The lowest BCUT2D eigenvalue weighted by Gasteiger charge is -2.33. The number of amides is 1. The van der Waals surface area contributed by atoms with Crippen molar-refractivity contribution in [1.82, 2.24) is 19.4 Å². The van der Waals surface area contributed by atoms with Crippen molar-refractivity contribution in [1.29, 1.82) is 0 Å². The predicted octanol–water partition coefficient (Wildman–Crippen LogP) is 1.89. The van der Waals surface area contributed by atoms with Gasteiger partial charge in [0.2, 0.25) is 5.91 Å². The Bertz CT molecular complexity index is 739. The molecule has 1 amide bonds. The van der Waals surface area contributed by atoms with Crippen LogP contribution in [-0.4, -0.2) is 64.1 Å². The number of carbonyl (C=O) groups is 1. The molecule has 1 N–H and O–H groups in total. The zero-order valence-corrected chi connectivity index (χ0v) is 16.3. The predicted molar refractivity (Wildman–Crippen MR) is 105 cm³/mol. The number of likely N-dealkylation sites (N-methyl/N-ethyl adjacent to an activating group) is 1. The Balaban J connectivity index is 1.62. The standard InChI is InChI=1S/C21H30N4O2/c1-23(2)12-13-24-11-9-22-21(24)19-4-3-10-25(15-19)20(27)14-17-5-7-18(16-26)8-6-17/h5-9,11,19,26H,3-4,10,12-16H2,1-2H3. The van der Waals surface area contributed by atoms with E-state index < -0.39 is 0 Å². The zero-order chi connectivity index (χ0) is 19.2. The molecule has 0 bridgehead atoms. The van der Waals surface area contributed by atoms with Crippen molar-refractivity contribution in [3.63, 3.8) is 0 Å². The Hall–Kier alpha value is -2.18. The molecule has 2 aromatic rings. The molecule has 0 spiro atoms. The fourth-order valence-corrected chi connectivity index (χ4v) is 3.64. The third-order valence-electron chi connectivity index (χ3n) is 5.24. The molecule has 1 aromatic heterocycles. The second kappa shape index (κ2) is 9.15. The van der Waals surface area contributed by atoms with Gasteiger partial charge < -0.3 is 19.5 Å². The van der Waals surface area contributed by atoms with Crippen molar-refractivity contribution in [2.24, 2.45) is 0 Å². The summed E-state index contributed by atoms with van der Waals surface area (Å²) in [6.45, 7) is 3.49. The fourth-order valence-electron chi connectivity index (χ4n) is 3.64. The van der Waals surface area contributed by atoms with Crippen LogP contribution in [0, 0.1) is 0 Å². The highest BCUT2D eigenvalue weighted by Gasteiger charge is 2.27. The summed E-state index contributed by atoms with van der Waals surface area (Å²) in [5, 5.41) is 9.14. The van der Waals surface area contributed by atoms with Crippen LogP contribution in [0.15, 0.2) is 36.7 Å². The summed E-state index contributed by atoms with van der Waals surface area (Å²) in [4.78, 5) is 21.5. The van der Waals surface area contributed by atoms with E-state index in [1.807, 2.05) is 41.6 Å². The van der Waals surface area contributed by atoms with Gasteiger partial charge in [-0.05, 0) is 38.1 Å². The van der Waals surface area contributed by atoms with Crippen LogP contribution in [0.25, 0.3) is 0 Å². The molecule has 27 heavy (non-hydrogen) atoms. The first-order valence-electron chi connectivity index (χ1n) is 9.69. The molecule has 1 saturated heterocycles. The van der Waals surface area contributed by atoms with Crippen LogP contribution in [0.4, 0.5) is 0 Å². The molecule has 6 heteroatoms. The molecule has 6 nitrogen and oxygen atoms in total.